The third-order valence-corrected chi connectivity index (χ3v) is 4.13. The summed E-state index contributed by atoms with van der Waals surface area (Å²) in [7, 11) is 0. The molecule has 0 radical (unpaired) electrons. The van der Waals surface area contributed by atoms with Gasteiger partial charge in [-0.15, -0.1) is 0 Å². The van der Waals surface area contributed by atoms with Crippen molar-refractivity contribution in [1.29, 1.82) is 0 Å². The lowest BCUT2D eigenvalue weighted by Gasteiger charge is -2.09. The molecule has 1 N–H and O–H groups in total. The van der Waals surface area contributed by atoms with Crippen molar-refractivity contribution in [2.24, 2.45) is 0 Å². The maximum absolute atomic E-state index is 12.2. The molecule has 0 saturated heterocycles. The molecule has 0 heterocycles. The van der Waals surface area contributed by atoms with Gasteiger partial charge in [0.05, 0.1) is 4.47 Å². The predicted molar refractivity (Wildman–Crippen MR) is 99.3 cm³/mol. The van der Waals surface area contributed by atoms with Crippen LogP contribution < -0.4 is 10.1 Å². The molecular weight excluding hydrogens is 366 g/mol. The molecule has 0 saturated carbocycles. The Balaban J connectivity index is 1.61. The molecule has 3 nitrogen and oxygen atoms in total. The first kappa shape index (κ1) is 16.3. The highest BCUT2D eigenvalue weighted by Gasteiger charge is 2.06. The molecule has 0 aliphatic carbocycles. The van der Waals surface area contributed by atoms with E-state index < -0.39 is 0 Å². The van der Waals surface area contributed by atoms with Gasteiger partial charge in [0.15, 0.2) is 0 Å². The van der Waals surface area contributed by atoms with Crippen LogP contribution in [-0.2, 0) is 6.61 Å². The Morgan fingerprint density at radius 2 is 1.54 bits per heavy atom. The summed E-state index contributed by atoms with van der Waals surface area (Å²) in [6.45, 7) is 0.448. The lowest BCUT2D eigenvalue weighted by molar-refractivity contribution is 0.102. The van der Waals surface area contributed by atoms with Gasteiger partial charge in [-0.1, -0.05) is 42.5 Å². The first-order chi connectivity index (χ1) is 11.7. The summed E-state index contributed by atoms with van der Waals surface area (Å²) in [5.41, 5.74) is 2.40. The van der Waals surface area contributed by atoms with E-state index >= 15 is 0 Å². The van der Waals surface area contributed by atoms with Gasteiger partial charge in [-0.05, 0) is 57.9 Å². The van der Waals surface area contributed by atoms with Gasteiger partial charge in [0.2, 0.25) is 0 Å². The maximum atomic E-state index is 12.2. The van der Waals surface area contributed by atoms with E-state index in [1.165, 1.54) is 0 Å². The van der Waals surface area contributed by atoms with Gasteiger partial charge in [0.1, 0.15) is 12.4 Å². The highest BCUT2D eigenvalue weighted by atomic mass is 79.9. The molecule has 3 aromatic carbocycles. The molecule has 0 aliphatic heterocycles. The largest absolute Gasteiger partial charge is 0.488 e. The lowest BCUT2D eigenvalue weighted by atomic mass is 10.1. The van der Waals surface area contributed by atoms with Crippen molar-refractivity contribution in [2.75, 3.05) is 5.32 Å². The summed E-state index contributed by atoms with van der Waals surface area (Å²) in [4.78, 5) is 12.2. The van der Waals surface area contributed by atoms with E-state index in [0.29, 0.717) is 12.2 Å². The molecule has 3 aromatic rings. The number of carbonyl (C=O) groups excluding carboxylic acids is 1. The first-order valence-corrected chi connectivity index (χ1v) is 8.34. The van der Waals surface area contributed by atoms with Gasteiger partial charge < -0.3 is 10.1 Å². The average Bonchev–Trinajstić information content (AvgIpc) is 2.62. The average molecular weight is 382 g/mol. The van der Waals surface area contributed by atoms with Gasteiger partial charge in [0.25, 0.3) is 5.91 Å². The quantitative estimate of drug-likeness (QED) is 0.652. The minimum absolute atomic E-state index is 0.125. The van der Waals surface area contributed by atoms with Crippen molar-refractivity contribution in [3.63, 3.8) is 0 Å². The number of ether oxygens (including phenoxy) is 1. The normalized spacial score (nSPS) is 10.2. The van der Waals surface area contributed by atoms with Gasteiger partial charge in [0, 0.05) is 11.3 Å². The molecule has 0 unspecified atom stereocenters. The SMILES string of the molecule is O=C(Nc1ccccc1)c1ccc(COc2ccccc2Br)cc1. The van der Waals surface area contributed by atoms with Crippen molar-refractivity contribution in [3.05, 3.63) is 94.5 Å². The number of nitrogens with one attached hydrogen (secondary N) is 1. The molecule has 0 aliphatic rings. The van der Waals surface area contributed by atoms with Crippen LogP contribution in [-0.4, -0.2) is 5.91 Å². The summed E-state index contributed by atoms with van der Waals surface area (Å²) < 4.78 is 6.69. The molecule has 3 rings (SSSR count). The molecule has 4 heteroatoms. The van der Waals surface area contributed by atoms with E-state index in [-0.39, 0.29) is 5.91 Å². The Labute approximate surface area is 149 Å². The number of hydrogen-bond donors (Lipinski definition) is 1. The van der Waals surface area contributed by atoms with Gasteiger partial charge >= 0.3 is 0 Å². The zero-order chi connectivity index (χ0) is 16.8. The molecule has 120 valence electrons. The van der Waals surface area contributed by atoms with Crippen LogP contribution in [0.2, 0.25) is 0 Å². The Morgan fingerprint density at radius 1 is 0.875 bits per heavy atom. The van der Waals surface area contributed by atoms with E-state index in [0.717, 1.165) is 21.5 Å². The molecule has 0 fully saturated rings. The number of benzene rings is 3. The van der Waals surface area contributed by atoms with Crippen molar-refractivity contribution in [1.82, 2.24) is 0 Å². The Hall–Kier alpha value is -2.59. The Kier molecular flexibility index (Phi) is 5.29. The summed E-state index contributed by atoms with van der Waals surface area (Å²) in [6, 6.07) is 24.5. The van der Waals surface area contributed by atoms with Crippen LogP contribution in [0.15, 0.2) is 83.3 Å². The fourth-order valence-corrected chi connectivity index (χ4v) is 2.60. The predicted octanol–water partition coefficient (Wildman–Crippen LogP) is 5.28. The van der Waals surface area contributed by atoms with Gasteiger partial charge in [-0.3, -0.25) is 4.79 Å². The molecule has 1 amide bonds. The van der Waals surface area contributed by atoms with Crippen molar-refractivity contribution < 1.29 is 9.53 Å². The van der Waals surface area contributed by atoms with Crippen LogP contribution in [0.3, 0.4) is 0 Å². The smallest absolute Gasteiger partial charge is 0.255 e. The number of carbonyl (C=O) groups is 1. The second-order valence-corrected chi connectivity index (χ2v) is 6.09. The Bertz CT molecular complexity index is 817. The minimum Gasteiger partial charge on any atom is -0.488 e. The molecule has 0 aromatic heterocycles. The van der Waals surface area contributed by atoms with E-state index in [9.17, 15) is 4.79 Å². The van der Waals surface area contributed by atoms with Gasteiger partial charge in [-0.2, -0.15) is 0 Å². The molecular formula is C20H16BrNO2. The standard InChI is InChI=1S/C20H16BrNO2/c21-18-8-4-5-9-19(18)24-14-15-10-12-16(13-11-15)20(23)22-17-6-2-1-3-7-17/h1-13H,14H2,(H,22,23). The van der Waals surface area contributed by atoms with Crippen LogP contribution in [0, 0.1) is 0 Å². The van der Waals surface area contributed by atoms with Crippen molar-refractivity contribution in [2.45, 2.75) is 6.61 Å². The maximum Gasteiger partial charge on any atom is 0.255 e. The fourth-order valence-electron chi connectivity index (χ4n) is 2.20. The van der Waals surface area contributed by atoms with E-state index in [1.807, 2.05) is 66.7 Å². The zero-order valence-electron chi connectivity index (χ0n) is 12.9. The first-order valence-electron chi connectivity index (χ1n) is 7.55. The summed E-state index contributed by atoms with van der Waals surface area (Å²) >= 11 is 3.45. The second-order valence-electron chi connectivity index (χ2n) is 5.24. The van der Waals surface area contributed by atoms with Crippen molar-refractivity contribution in [3.8, 4) is 5.75 Å². The lowest BCUT2D eigenvalue weighted by Crippen LogP contribution is -2.11. The highest BCUT2D eigenvalue weighted by molar-refractivity contribution is 9.10. The molecule has 0 atom stereocenters. The van der Waals surface area contributed by atoms with Crippen LogP contribution in [0.4, 0.5) is 5.69 Å². The van der Waals surface area contributed by atoms with E-state index in [1.54, 1.807) is 12.1 Å². The fraction of sp³-hybridized carbons (Fsp3) is 0.0500. The monoisotopic (exact) mass is 381 g/mol. The number of halogens is 1. The summed E-state index contributed by atoms with van der Waals surface area (Å²) in [5.74, 6) is 0.669. The number of para-hydroxylation sites is 2. The van der Waals surface area contributed by atoms with Crippen LogP contribution in [0.25, 0.3) is 0 Å². The third-order valence-electron chi connectivity index (χ3n) is 3.48. The summed E-state index contributed by atoms with van der Waals surface area (Å²) in [5, 5.41) is 2.87. The Morgan fingerprint density at radius 3 is 2.25 bits per heavy atom. The molecule has 0 bridgehead atoms. The van der Waals surface area contributed by atoms with E-state index in [4.69, 9.17) is 4.74 Å². The van der Waals surface area contributed by atoms with Crippen LogP contribution >= 0.6 is 15.9 Å². The van der Waals surface area contributed by atoms with Crippen molar-refractivity contribution >= 4 is 27.5 Å². The van der Waals surface area contributed by atoms with Crippen LogP contribution in [0.1, 0.15) is 15.9 Å². The minimum atomic E-state index is -0.125. The second kappa shape index (κ2) is 7.79. The number of anilines is 1. The number of amides is 1. The summed E-state index contributed by atoms with van der Waals surface area (Å²) in [6.07, 6.45) is 0. The number of hydrogen-bond acceptors (Lipinski definition) is 2. The molecule has 24 heavy (non-hydrogen) atoms. The third kappa shape index (κ3) is 4.24. The zero-order valence-corrected chi connectivity index (χ0v) is 14.5. The topological polar surface area (TPSA) is 38.3 Å². The van der Waals surface area contributed by atoms with Gasteiger partial charge in [-0.25, -0.2) is 0 Å². The highest BCUT2D eigenvalue weighted by Crippen LogP contribution is 2.24. The van der Waals surface area contributed by atoms with E-state index in [2.05, 4.69) is 21.2 Å². The number of rotatable bonds is 5. The van der Waals surface area contributed by atoms with Crippen LogP contribution in [0.5, 0.6) is 5.75 Å². The molecule has 0 spiro atoms.